The Kier molecular flexibility index (Phi) is 2.58. The normalized spacial score (nSPS) is 32.5. The van der Waals surface area contributed by atoms with Crippen LogP contribution in [0.4, 0.5) is 0 Å². The van der Waals surface area contributed by atoms with Crippen LogP contribution in [-0.4, -0.2) is 12.2 Å². The summed E-state index contributed by atoms with van der Waals surface area (Å²) in [5.41, 5.74) is 0.240. The molecule has 0 aliphatic carbocycles. The van der Waals surface area contributed by atoms with Crippen molar-refractivity contribution in [3.05, 3.63) is 0 Å². The van der Waals surface area contributed by atoms with Crippen LogP contribution in [0.3, 0.4) is 0 Å². The van der Waals surface area contributed by atoms with Gasteiger partial charge in [0.2, 0.25) is 0 Å². The maximum absolute atomic E-state index is 5.47. The highest BCUT2D eigenvalue weighted by molar-refractivity contribution is 4.94. The lowest BCUT2D eigenvalue weighted by Gasteiger charge is -2.23. The van der Waals surface area contributed by atoms with E-state index in [4.69, 9.17) is 4.74 Å². The third kappa shape index (κ3) is 1.96. The molecular formula is C10H20O. The van der Waals surface area contributed by atoms with E-state index in [1.54, 1.807) is 0 Å². The monoisotopic (exact) mass is 156 g/mol. The summed E-state index contributed by atoms with van der Waals surface area (Å²) in [5.74, 6) is 1.54. The topological polar surface area (TPSA) is 12.5 Å². The molecule has 0 aromatic carbocycles. The molecule has 1 fully saturated rings. The molecule has 0 aromatic heterocycles. The van der Waals surface area contributed by atoms with Gasteiger partial charge >= 0.3 is 0 Å². The molecule has 1 heterocycles. The molecule has 1 heteroatoms. The minimum Gasteiger partial charge on any atom is -0.370 e. The zero-order valence-corrected chi connectivity index (χ0v) is 8.18. The molecule has 66 valence electrons. The van der Waals surface area contributed by atoms with E-state index in [0.717, 1.165) is 18.4 Å². The lowest BCUT2D eigenvalue weighted by molar-refractivity contribution is 0.178. The number of hydrogen-bond acceptors (Lipinski definition) is 1. The summed E-state index contributed by atoms with van der Waals surface area (Å²) < 4.78 is 5.47. The van der Waals surface area contributed by atoms with Crippen molar-refractivity contribution in [1.82, 2.24) is 0 Å². The SMILES string of the molecule is CCCC(C(C)C)C1(C)CO1. The van der Waals surface area contributed by atoms with Gasteiger partial charge in [-0.15, -0.1) is 0 Å². The minimum atomic E-state index is 0.240. The summed E-state index contributed by atoms with van der Waals surface area (Å²) in [7, 11) is 0. The molecule has 0 N–H and O–H groups in total. The van der Waals surface area contributed by atoms with E-state index in [-0.39, 0.29) is 5.60 Å². The standard InChI is InChI=1S/C10H20O/c1-5-6-9(8(2)3)10(4)7-11-10/h8-9H,5-7H2,1-4H3. The van der Waals surface area contributed by atoms with Gasteiger partial charge in [-0.2, -0.15) is 0 Å². The summed E-state index contributed by atoms with van der Waals surface area (Å²) in [6, 6.07) is 0. The highest BCUT2D eigenvalue weighted by Gasteiger charge is 2.47. The van der Waals surface area contributed by atoms with Crippen LogP contribution in [0.5, 0.6) is 0 Å². The second-order valence-corrected chi connectivity index (χ2v) is 4.24. The van der Waals surface area contributed by atoms with E-state index < -0.39 is 0 Å². The van der Waals surface area contributed by atoms with E-state index >= 15 is 0 Å². The average molecular weight is 156 g/mol. The molecule has 0 saturated carbocycles. The zero-order valence-electron chi connectivity index (χ0n) is 8.18. The van der Waals surface area contributed by atoms with Gasteiger partial charge in [-0.05, 0) is 25.2 Å². The fourth-order valence-electron chi connectivity index (χ4n) is 1.98. The highest BCUT2D eigenvalue weighted by Crippen LogP contribution is 2.41. The first-order valence-corrected chi connectivity index (χ1v) is 4.74. The summed E-state index contributed by atoms with van der Waals surface area (Å²) in [6.45, 7) is 10.1. The molecule has 0 radical (unpaired) electrons. The predicted molar refractivity (Wildman–Crippen MR) is 47.6 cm³/mol. The van der Waals surface area contributed by atoms with E-state index in [9.17, 15) is 0 Å². The number of rotatable bonds is 4. The van der Waals surface area contributed by atoms with Crippen molar-refractivity contribution in [2.45, 2.75) is 46.1 Å². The fraction of sp³-hybridized carbons (Fsp3) is 1.00. The first-order valence-electron chi connectivity index (χ1n) is 4.74. The van der Waals surface area contributed by atoms with E-state index in [2.05, 4.69) is 27.7 Å². The van der Waals surface area contributed by atoms with Crippen molar-refractivity contribution in [2.75, 3.05) is 6.61 Å². The molecule has 0 bridgehead atoms. The first-order chi connectivity index (χ1) is 5.10. The zero-order chi connectivity index (χ0) is 8.48. The first kappa shape index (κ1) is 9.05. The average Bonchev–Trinajstić information content (AvgIpc) is 2.63. The van der Waals surface area contributed by atoms with Crippen LogP contribution in [0.1, 0.15) is 40.5 Å². The molecule has 2 atom stereocenters. The van der Waals surface area contributed by atoms with Crippen LogP contribution in [0.15, 0.2) is 0 Å². The molecule has 1 aliphatic rings. The van der Waals surface area contributed by atoms with Crippen molar-refractivity contribution in [2.24, 2.45) is 11.8 Å². The Morgan fingerprint density at radius 3 is 2.27 bits per heavy atom. The highest BCUT2D eigenvalue weighted by atomic mass is 16.6. The molecule has 1 aliphatic heterocycles. The molecule has 0 amide bonds. The van der Waals surface area contributed by atoms with Gasteiger partial charge in [0.1, 0.15) is 0 Å². The maximum atomic E-state index is 5.47. The lowest BCUT2D eigenvalue weighted by Crippen LogP contribution is -2.25. The summed E-state index contributed by atoms with van der Waals surface area (Å²) in [4.78, 5) is 0. The largest absolute Gasteiger partial charge is 0.370 e. The number of ether oxygens (including phenoxy) is 1. The maximum Gasteiger partial charge on any atom is 0.0919 e. The fourth-order valence-corrected chi connectivity index (χ4v) is 1.98. The van der Waals surface area contributed by atoms with Crippen molar-refractivity contribution in [1.29, 1.82) is 0 Å². The Balaban J connectivity index is 2.45. The Morgan fingerprint density at radius 1 is 1.45 bits per heavy atom. The van der Waals surface area contributed by atoms with Gasteiger partial charge in [0.15, 0.2) is 0 Å². The van der Waals surface area contributed by atoms with Crippen LogP contribution in [0.2, 0.25) is 0 Å². The lowest BCUT2D eigenvalue weighted by atomic mass is 9.81. The molecule has 0 spiro atoms. The third-order valence-corrected chi connectivity index (χ3v) is 2.79. The molecule has 2 unspecified atom stereocenters. The third-order valence-electron chi connectivity index (χ3n) is 2.79. The van der Waals surface area contributed by atoms with E-state index in [0.29, 0.717) is 0 Å². The van der Waals surface area contributed by atoms with Gasteiger partial charge in [-0.1, -0.05) is 27.2 Å². The van der Waals surface area contributed by atoms with Crippen LogP contribution >= 0.6 is 0 Å². The van der Waals surface area contributed by atoms with Gasteiger partial charge in [0.05, 0.1) is 12.2 Å². The molecular weight excluding hydrogens is 136 g/mol. The minimum absolute atomic E-state index is 0.240. The second-order valence-electron chi connectivity index (χ2n) is 4.24. The summed E-state index contributed by atoms with van der Waals surface area (Å²) in [6.07, 6.45) is 2.59. The molecule has 1 rings (SSSR count). The molecule has 0 aromatic rings. The summed E-state index contributed by atoms with van der Waals surface area (Å²) in [5, 5.41) is 0. The van der Waals surface area contributed by atoms with Crippen LogP contribution in [0, 0.1) is 11.8 Å². The smallest absolute Gasteiger partial charge is 0.0919 e. The van der Waals surface area contributed by atoms with E-state index in [1.807, 2.05) is 0 Å². The van der Waals surface area contributed by atoms with Crippen LogP contribution < -0.4 is 0 Å². The number of hydrogen-bond donors (Lipinski definition) is 0. The van der Waals surface area contributed by atoms with Crippen LogP contribution in [0.25, 0.3) is 0 Å². The Morgan fingerprint density at radius 2 is 2.00 bits per heavy atom. The number of epoxide rings is 1. The van der Waals surface area contributed by atoms with Crippen molar-refractivity contribution in [3.8, 4) is 0 Å². The molecule has 11 heavy (non-hydrogen) atoms. The van der Waals surface area contributed by atoms with Gasteiger partial charge in [0, 0.05) is 0 Å². The van der Waals surface area contributed by atoms with Crippen molar-refractivity contribution >= 4 is 0 Å². The molecule has 1 saturated heterocycles. The van der Waals surface area contributed by atoms with Gasteiger partial charge in [0.25, 0.3) is 0 Å². The van der Waals surface area contributed by atoms with Gasteiger partial charge in [-0.25, -0.2) is 0 Å². The van der Waals surface area contributed by atoms with Gasteiger partial charge in [-0.3, -0.25) is 0 Å². The summed E-state index contributed by atoms with van der Waals surface area (Å²) >= 11 is 0. The predicted octanol–water partition coefficient (Wildman–Crippen LogP) is 2.85. The van der Waals surface area contributed by atoms with Crippen molar-refractivity contribution in [3.63, 3.8) is 0 Å². The van der Waals surface area contributed by atoms with Crippen LogP contribution in [-0.2, 0) is 4.74 Å². The van der Waals surface area contributed by atoms with E-state index in [1.165, 1.54) is 12.8 Å². The Hall–Kier alpha value is -0.0400. The molecule has 1 nitrogen and oxygen atoms in total. The second kappa shape index (κ2) is 3.14. The Bertz CT molecular complexity index is 125. The van der Waals surface area contributed by atoms with Crippen molar-refractivity contribution < 1.29 is 4.74 Å². The van der Waals surface area contributed by atoms with Gasteiger partial charge < -0.3 is 4.74 Å². The Labute approximate surface area is 70.1 Å². The quantitative estimate of drug-likeness (QED) is 0.570.